The summed E-state index contributed by atoms with van der Waals surface area (Å²) in [5.74, 6) is 0.216. The number of phenols is 1. The molecule has 0 aromatic heterocycles. The molecule has 2 aliphatic rings. The van der Waals surface area contributed by atoms with Crippen molar-refractivity contribution in [3.05, 3.63) is 64.7 Å². The Bertz CT molecular complexity index is 905. The van der Waals surface area contributed by atoms with Gasteiger partial charge >= 0.3 is 0 Å². The van der Waals surface area contributed by atoms with Crippen molar-refractivity contribution in [3.63, 3.8) is 0 Å². The van der Waals surface area contributed by atoms with Crippen molar-refractivity contribution in [1.82, 2.24) is 4.90 Å². The smallest absolute Gasteiger partial charge is 0.231 e. The van der Waals surface area contributed by atoms with Gasteiger partial charge in [0, 0.05) is 12.6 Å². The zero-order valence-corrected chi connectivity index (χ0v) is 15.2. The van der Waals surface area contributed by atoms with Crippen molar-refractivity contribution >= 4 is 11.9 Å². The molecule has 0 radical (unpaired) electrons. The summed E-state index contributed by atoms with van der Waals surface area (Å²) in [6.45, 7) is 3.70. The molecular weight excluding hydrogens is 345 g/mol. The number of fused-ring (bicyclic) bond motifs is 1. The summed E-state index contributed by atoms with van der Waals surface area (Å²) in [6, 6.07) is 9.46. The minimum atomic E-state index is -0.332. The number of benzene rings is 2. The van der Waals surface area contributed by atoms with Gasteiger partial charge in [0.2, 0.25) is 5.78 Å². The van der Waals surface area contributed by atoms with Crippen LogP contribution in [0.5, 0.6) is 11.5 Å². The van der Waals surface area contributed by atoms with Crippen LogP contribution in [0.4, 0.5) is 4.39 Å². The number of likely N-dealkylation sites (tertiary alicyclic amines) is 1. The molecule has 0 saturated carbocycles. The highest BCUT2D eigenvalue weighted by Gasteiger charge is 2.32. The molecule has 2 aromatic carbocycles. The quantitative estimate of drug-likeness (QED) is 0.811. The predicted octanol–water partition coefficient (Wildman–Crippen LogP) is 4.52. The van der Waals surface area contributed by atoms with Crippen LogP contribution in [0.1, 0.15) is 47.7 Å². The van der Waals surface area contributed by atoms with Crippen molar-refractivity contribution in [2.45, 2.75) is 38.8 Å². The standard InChI is InChI=1S/C22H22FNO3/c1-14-4-2-3-11-24(14)13-18-19(25)10-9-17-21(26)20(27-22(17)18)12-15-5-7-16(23)8-6-15/h5-10,12,14,25H,2-4,11,13H2,1H3/b20-12-/t14-/m1/s1. The number of ketones is 1. The van der Waals surface area contributed by atoms with E-state index in [4.69, 9.17) is 4.74 Å². The lowest BCUT2D eigenvalue weighted by atomic mass is 10.0. The van der Waals surface area contributed by atoms with E-state index in [0.29, 0.717) is 35.0 Å². The van der Waals surface area contributed by atoms with E-state index in [9.17, 15) is 14.3 Å². The maximum absolute atomic E-state index is 13.1. The lowest BCUT2D eigenvalue weighted by Crippen LogP contribution is -2.36. The molecule has 0 aliphatic carbocycles. The van der Waals surface area contributed by atoms with Crippen molar-refractivity contribution in [2.75, 3.05) is 6.54 Å². The maximum Gasteiger partial charge on any atom is 0.231 e. The highest BCUT2D eigenvalue weighted by molar-refractivity contribution is 6.15. The molecule has 4 rings (SSSR count). The summed E-state index contributed by atoms with van der Waals surface area (Å²) >= 11 is 0. The van der Waals surface area contributed by atoms with Crippen molar-refractivity contribution in [2.24, 2.45) is 0 Å². The molecule has 1 N–H and O–H groups in total. The van der Waals surface area contributed by atoms with Crippen LogP contribution in [0, 0.1) is 5.82 Å². The topological polar surface area (TPSA) is 49.8 Å². The molecule has 0 bridgehead atoms. The third-order valence-corrected chi connectivity index (χ3v) is 5.39. The fourth-order valence-electron chi connectivity index (χ4n) is 3.76. The summed E-state index contributed by atoms with van der Waals surface area (Å²) in [6.07, 6.45) is 5.09. The van der Waals surface area contributed by atoms with E-state index in [1.807, 2.05) is 0 Å². The monoisotopic (exact) mass is 367 g/mol. The van der Waals surface area contributed by atoms with Crippen LogP contribution in [-0.2, 0) is 6.54 Å². The van der Waals surface area contributed by atoms with E-state index in [2.05, 4.69) is 11.8 Å². The summed E-state index contributed by atoms with van der Waals surface area (Å²) < 4.78 is 19.0. The van der Waals surface area contributed by atoms with Gasteiger partial charge in [-0.05, 0) is 62.2 Å². The predicted molar refractivity (Wildman–Crippen MR) is 101 cm³/mol. The summed E-state index contributed by atoms with van der Waals surface area (Å²) in [7, 11) is 0. The minimum Gasteiger partial charge on any atom is -0.507 e. The van der Waals surface area contributed by atoms with Crippen LogP contribution in [0.25, 0.3) is 6.08 Å². The Morgan fingerprint density at radius 2 is 2.00 bits per heavy atom. The van der Waals surface area contributed by atoms with Gasteiger partial charge in [-0.25, -0.2) is 4.39 Å². The number of hydrogen-bond acceptors (Lipinski definition) is 4. The number of ether oxygens (including phenoxy) is 1. The number of rotatable bonds is 3. The molecule has 1 saturated heterocycles. The second-order valence-electron chi connectivity index (χ2n) is 7.25. The van der Waals surface area contributed by atoms with Gasteiger partial charge in [-0.15, -0.1) is 0 Å². The van der Waals surface area contributed by atoms with Gasteiger partial charge in [0.1, 0.15) is 17.3 Å². The number of carbonyl (C=O) groups excluding carboxylic acids is 1. The summed E-state index contributed by atoms with van der Waals surface area (Å²) in [5.41, 5.74) is 1.79. The molecule has 0 unspecified atom stereocenters. The number of Topliss-reactive ketones (excluding diaryl/α,β-unsaturated/α-hetero) is 1. The van der Waals surface area contributed by atoms with Gasteiger partial charge in [0.25, 0.3) is 0 Å². The fraction of sp³-hybridized carbons (Fsp3) is 0.318. The van der Waals surface area contributed by atoms with E-state index in [1.54, 1.807) is 30.3 Å². The van der Waals surface area contributed by atoms with Gasteiger partial charge in [-0.3, -0.25) is 9.69 Å². The maximum atomic E-state index is 13.1. The number of piperidine rings is 1. The third kappa shape index (κ3) is 3.47. The van der Waals surface area contributed by atoms with Crippen LogP contribution in [-0.4, -0.2) is 28.4 Å². The van der Waals surface area contributed by atoms with E-state index >= 15 is 0 Å². The van der Waals surface area contributed by atoms with Crippen molar-refractivity contribution in [3.8, 4) is 11.5 Å². The Balaban J connectivity index is 1.65. The lowest BCUT2D eigenvalue weighted by Gasteiger charge is -2.33. The third-order valence-electron chi connectivity index (χ3n) is 5.39. The first kappa shape index (κ1) is 17.7. The number of hydrogen-bond donors (Lipinski definition) is 1. The van der Waals surface area contributed by atoms with E-state index in [1.165, 1.54) is 18.6 Å². The number of phenolic OH excluding ortho intramolecular Hbond substituents is 1. The highest BCUT2D eigenvalue weighted by atomic mass is 19.1. The first-order valence-electron chi connectivity index (χ1n) is 9.31. The molecule has 0 spiro atoms. The Labute approximate surface area is 157 Å². The zero-order valence-electron chi connectivity index (χ0n) is 15.2. The van der Waals surface area contributed by atoms with Crippen LogP contribution < -0.4 is 4.74 Å². The second-order valence-corrected chi connectivity index (χ2v) is 7.25. The van der Waals surface area contributed by atoms with Crippen LogP contribution >= 0.6 is 0 Å². The zero-order chi connectivity index (χ0) is 19.0. The SMILES string of the molecule is C[C@@H]1CCCCN1Cc1c(O)ccc2c1O/C(=C\c1ccc(F)cc1)C2=O. The number of aromatic hydroxyl groups is 1. The molecule has 27 heavy (non-hydrogen) atoms. The molecule has 1 fully saturated rings. The number of halogens is 1. The van der Waals surface area contributed by atoms with Crippen molar-refractivity contribution < 1.29 is 19.0 Å². The first-order valence-corrected chi connectivity index (χ1v) is 9.31. The van der Waals surface area contributed by atoms with Gasteiger partial charge in [0.05, 0.1) is 11.1 Å². The normalized spacial score (nSPS) is 21.3. The van der Waals surface area contributed by atoms with E-state index < -0.39 is 0 Å². The lowest BCUT2D eigenvalue weighted by molar-refractivity contribution is 0.101. The molecule has 2 heterocycles. The van der Waals surface area contributed by atoms with E-state index in [-0.39, 0.29) is 23.1 Å². The van der Waals surface area contributed by atoms with Crippen LogP contribution in [0.3, 0.4) is 0 Å². The molecular formula is C22H22FNO3. The number of carbonyl (C=O) groups is 1. The average Bonchev–Trinajstić information content (AvgIpc) is 2.97. The highest BCUT2D eigenvalue weighted by Crippen LogP contribution is 2.40. The van der Waals surface area contributed by atoms with Gasteiger partial charge in [0.15, 0.2) is 5.76 Å². The Hall–Kier alpha value is -2.66. The van der Waals surface area contributed by atoms with Gasteiger partial charge in [-0.1, -0.05) is 18.6 Å². The van der Waals surface area contributed by atoms with Gasteiger partial charge in [-0.2, -0.15) is 0 Å². The molecule has 140 valence electrons. The summed E-state index contributed by atoms with van der Waals surface area (Å²) in [5, 5.41) is 10.4. The molecule has 1 atom stereocenters. The molecule has 2 aliphatic heterocycles. The van der Waals surface area contributed by atoms with Gasteiger partial charge < -0.3 is 9.84 Å². The number of allylic oxidation sites excluding steroid dienone is 1. The van der Waals surface area contributed by atoms with Crippen molar-refractivity contribution in [1.29, 1.82) is 0 Å². The Kier molecular flexibility index (Phi) is 4.70. The van der Waals surface area contributed by atoms with E-state index in [0.717, 1.165) is 19.4 Å². The molecule has 2 aromatic rings. The van der Waals surface area contributed by atoms with Crippen LogP contribution in [0.2, 0.25) is 0 Å². The average molecular weight is 367 g/mol. The Morgan fingerprint density at radius 3 is 2.74 bits per heavy atom. The molecule has 5 heteroatoms. The second kappa shape index (κ2) is 7.16. The summed E-state index contributed by atoms with van der Waals surface area (Å²) in [4.78, 5) is 15.0. The van der Waals surface area contributed by atoms with Crippen LogP contribution in [0.15, 0.2) is 42.2 Å². The molecule has 4 nitrogen and oxygen atoms in total. The largest absolute Gasteiger partial charge is 0.507 e. The Morgan fingerprint density at radius 1 is 1.22 bits per heavy atom. The fourth-order valence-corrected chi connectivity index (χ4v) is 3.76. The first-order chi connectivity index (χ1) is 13.0. The minimum absolute atomic E-state index is 0.141. The molecule has 0 amide bonds. The number of nitrogens with zero attached hydrogens (tertiary/aromatic N) is 1.